The Labute approximate surface area is 123 Å². The Morgan fingerprint density at radius 3 is 2.75 bits per heavy atom. The van der Waals surface area contributed by atoms with Gasteiger partial charge in [-0.3, -0.25) is 0 Å². The molecule has 1 aromatic rings. The minimum atomic E-state index is 0.176. The Hall–Kier alpha value is -1.02. The average Bonchev–Trinajstić information content (AvgIpc) is 2.53. The first-order valence-electron chi connectivity index (χ1n) is 8.42. The van der Waals surface area contributed by atoms with E-state index < -0.39 is 0 Å². The van der Waals surface area contributed by atoms with E-state index in [0.717, 1.165) is 18.4 Å². The average molecular weight is 272 g/mol. The van der Waals surface area contributed by atoms with Crippen molar-refractivity contribution < 1.29 is 0 Å². The van der Waals surface area contributed by atoms with Gasteiger partial charge in [0.25, 0.3) is 0 Å². The molecule has 0 bridgehead atoms. The fourth-order valence-corrected chi connectivity index (χ4v) is 4.21. The molecule has 3 rings (SSSR count). The maximum absolute atomic E-state index is 6.34. The lowest BCUT2D eigenvalue weighted by molar-refractivity contribution is 0.243. The molecular weight excluding hydrogens is 244 g/mol. The van der Waals surface area contributed by atoms with Gasteiger partial charge in [-0.2, -0.15) is 0 Å². The summed E-state index contributed by atoms with van der Waals surface area (Å²) >= 11 is 0. The summed E-state index contributed by atoms with van der Waals surface area (Å²) in [5, 5.41) is 0. The molecule has 1 aromatic carbocycles. The van der Waals surface area contributed by atoms with Crippen molar-refractivity contribution in [3.8, 4) is 0 Å². The smallest absolute Gasteiger partial charge is 0.0417 e. The molecule has 1 saturated carbocycles. The van der Waals surface area contributed by atoms with Gasteiger partial charge >= 0.3 is 0 Å². The molecule has 2 unspecified atom stereocenters. The van der Waals surface area contributed by atoms with Crippen LogP contribution < -0.4 is 10.6 Å². The normalized spacial score (nSPS) is 28.0. The van der Waals surface area contributed by atoms with Crippen LogP contribution >= 0.6 is 0 Å². The number of anilines is 1. The van der Waals surface area contributed by atoms with Crippen LogP contribution in [0.2, 0.25) is 0 Å². The van der Waals surface area contributed by atoms with E-state index in [1.807, 2.05) is 0 Å². The Balaban J connectivity index is 1.91. The van der Waals surface area contributed by atoms with Gasteiger partial charge in [-0.15, -0.1) is 0 Å². The van der Waals surface area contributed by atoms with Gasteiger partial charge in [-0.1, -0.05) is 38.0 Å². The summed E-state index contributed by atoms with van der Waals surface area (Å²) in [5.74, 6) is 0.920. The van der Waals surface area contributed by atoms with Crippen LogP contribution in [0.15, 0.2) is 24.3 Å². The van der Waals surface area contributed by atoms with Crippen LogP contribution in [0.1, 0.15) is 63.5 Å². The summed E-state index contributed by atoms with van der Waals surface area (Å²) in [4.78, 5) is 2.69. The third-order valence-corrected chi connectivity index (χ3v) is 5.33. The predicted molar refractivity (Wildman–Crippen MR) is 86.0 cm³/mol. The molecule has 0 amide bonds. The summed E-state index contributed by atoms with van der Waals surface area (Å²) < 4.78 is 0. The standard InChI is InChI=1S/C18H28N2/c1-2-16(19)15-10-4-6-12-18(15)20-13-7-9-14-8-3-5-11-17(14)20/h4,6,10,12,14,16-17H,2-3,5,7-9,11,13,19H2,1H3/t14?,16-,17?/m1/s1. The Kier molecular flexibility index (Phi) is 4.30. The Morgan fingerprint density at radius 1 is 1.15 bits per heavy atom. The number of nitrogens with zero attached hydrogens (tertiary/aromatic N) is 1. The fraction of sp³-hybridized carbons (Fsp3) is 0.667. The molecule has 110 valence electrons. The number of hydrogen-bond acceptors (Lipinski definition) is 2. The third-order valence-electron chi connectivity index (χ3n) is 5.33. The highest BCUT2D eigenvalue weighted by Gasteiger charge is 2.34. The number of fused-ring (bicyclic) bond motifs is 1. The zero-order valence-corrected chi connectivity index (χ0v) is 12.7. The molecule has 2 aliphatic rings. The molecule has 0 radical (unpaired) electrons. The number of hydrogen-bond donors (Lipinski definition) is 1. The van der Waals surface area contributed by atoms with Crippen LogP contribution in [-0.4, -0.2) is 12.6 Å². The summed E-state index contributed by atoms with van der Waals surface area (Å²) in [7, 11) is 0. The molecule has 20 heavy (non-hydrogen) atoms. The van der Waals surface area contributed by atoms with Crippen LogP contribution in [-0.2, 0) is 0 Å². The molecule has 0 spiro atoms. The zero-order chi connectivity index (χ0) is 13.9. The van der Waals surface area contributed by atoms with Gasteiger partial charge in [0, 0.05) is 24.3 Å². The molecule has 2 heteroatoms. The first-order chi connectivity index (χ1) is 9.81. The highest BCUT2D eigenvalue weighted by molar-refractivity contribution is 5.56. The van der Waals surface area contributed by atoms with Gasteiger partial charge in [-0.05, 0) is 49.7 Å². The van der Waals surface area contributed by atoms with E-state index in [0.29, 0.717) is 0 Å². The number of piperidine rings is 1. The molecule has 1 aliphatic heterocycles. The predicted octanol–water partition coefficient (Wildman–Crippen LogP) is 4.26. The van der Waals surface area contributed by atoms with Crippen molar-refractivity contribution in [3.63, 3.8) is 0 Å². The first-order valence-corrected chi connectivity index (χ1v) is 8.42. The van der Waals surface area contributed by atoms with Crippen molar-refractivity contribution in [3.05, 3.63) is 29.8 Å². The van der Waals surface area contributed by atoms with Crippen molar-refractivity contribution in [1.82, 2.24) is 0 Å². The summed E-state index contributed by atoms with van der Waals surface area (Å²) in [6.45, 7) is 3.40. The maximum Gasteiger partial charge on any atom is 0.0417 e. The van der Waals surface area contributed by atoms with Crippen LogP contribution in [0, 0.1) is 5.92 Å². The number of nitrogens with two attached hydrogens (primary N) is 1. The molecule has 2 nitrogen and oxygen atoms in total. The molecule has 3 atom stereocenters. The molecule has 1 heterocycles. The Bertz CT molecular complexity index is 441. The Morgan fingerprint density at radius 2 is 1.90 bits per heavy atom. The van der Waals surface area contributed by atoms with Crippen molar-refractivity contribution >= 4 is 5.69 Å². The number of para-hydroxylation sites is 1. The second kappa shape index (κ2) is 6.17. The maximum atomic E-state index is 6.34. The van der Waals surface area contributed by atoms with Gasteiger partial charge in [0.15, 0.2) is 0 Å². The van der Waals surface area contributed by atoms with E-state index in [4.69, 9.17) is 5.73 Å². The van der Waals surface area contributed by atoms with E-state index in [9.17, 15) is 0 Å². The molecule has 1 saturated heterocycles. The largest absolute Gasteiger partial charge is 0.368 e. The minimum Gasteiger partial charge on any atom is -0.368 e. The van der Waals surface area contributed by atoms with Crippen LogP contribution in [0.25, 0.3) is 0 Å². The number of rotatable bonds is 3. The van der Waals surface area contributed by atoms with E-state index >= 15 is 0 Å². The second-order valence-corrected chi connectivity index (χ2v) is 6.52. The van der Waals surface area contributed by atoms with Crippen molar-refractivity contribution in [2.75, 3.05) is 11.4 Å². The van der Waals surface area contributed by atoms with Crippen LogP contribution in [0.4, 0.5) is 5.69 Å². The molecule has 1 aliphatic carbocycles. The van der Waals surface area contributed by atoms with E-state index in [2.05, 4.69) is 36.1 Å². The van der Waals surface area contributed by atoms with Gasteiger partial charge in [0.2, 0.25) is 0 Å². The minimum absolute atomic E-state index is 0.176. The van der Waals surface area contributed by atoms with E-state index in [-0.39, 0.29) is 6.04 Å². The monoisotopic (exact) mass is 272 g/mol. The topological polar surface area (TPSA) is 29.3 Å². The van der Waals surface area contributed by atoms with E-state index in [1.54, 1.807) is 0 Å². The highest BCUT2D eigenvalue weighted by atomic mass is 15.2. The fourth-order valence-electron chi connectivity index (χ4n) is 4.21. The van der Waals surface area contributed by atoms with Crippen molar-refractivity contribution in [1.29, 1.82) is 0 Å². The van der Waals surface area contributed by atoms with Gasteiger partial charge < -0.3 is 10.6 Å². The second-order valence-electron chi connectivity index (χ2n) is 6.52. The lowest BCUT2D eigenvalue weighted by Gasteiger charge is -2.46. The van der Waals surface area contributed by atoms with Crippen molar-refractivity contribution in [2.45, 2.75) is 64.0 Å². The molecular formula is C18H28N2. The molecule has 2 fully saturated rings. The zero-order valence-electron chi connectivity index (χ0n) is 12.7. The van der Waals surface area contributed by atoms with Gasteiger partial charge in [-0.25, -0.2) is 0 Å². The first kappa shape index (κ1) is 13.9. The van der Waals surface area contributed by atoms with E-state index in [1.165, 1.54) is 56.3 Å². The molecule has 2 N–H and O–H groups in total. The highest BCUT2D eigenvalue weighted by Crippen LogP contribution is 2.39. The lowest BCUT2D eigenvalue weighted by Crippen LogP contribution is -2.47. The third kappa shape index (κ3) is 2.58. The summed E-state index contributed by atoms with van der Waals surface area (Å²) in [5.41, 5.74) is 9.11. The van der Waals surface area contributed by atoms with Gasteiger partial charge in [0.05, 0.1) is 0 Å². The van der Waals surface area contributed by atoms with Crippen LogP contribution in [0.3, 0.4) is 0 Å². The SMILES string of the molecule is CC[C@@H](N)c1ccccc1N1CCCC2CCCCC21. The van der Waals surface area contributed by atoms with Crippen LogP contribution in [0.5, 0.6) is 0 Å². The quantitative estimate of drug-likeness (QED) is 0.891. The van der Waals surface area contributed by atoms with Crippen molar-refractivity contribution in [2.24, 2.45) is 11.7 Å². The lowest BCUT2D eigenvalue weighted by atomic mass is 9.78. The molecule has 0 aromatic heterocycles. The van der Waals surface area contributed by atoms with Gasteiger partial charge in [0.1, 0.15) is 0 Å². The summed E-state index contributed by atoms with van der Waals surface area (Å²) in [6.07, 6.45) is 9.44. The number of benzene rings is 1. The summed E-state index contributed by atoms with van der Waals surface area (Å²) in [6, 6.07) is 9.78.